The van der Waals surface area contributed by atoms with Crippen LogP contribution in [0, 0.1) is 0 Å². The van der Waals surface area contributed by atoms with Crippen LogP contribution in [-0.4, -0.2) is 38.0 Å². The summed E-state index contributed by atoms with van der Waals surface area (Å²) >= 11 is 0. The Hall–Kier alpha value is -2.37. The number of carbonyl (C=O) groups excluding carboxylic acids is 1. The van der Waals surface area contributed by atoms with E-state index in [4.69, 9.17) is 23.7 Å². The van der Waals surface area contributed by atoms with E-state index in [-0.39, 0.29) is 0 Å². The Morgan fingerprint density at radius 2 is 1.37 bits per heavy atom. The van der Waals surface area contributed by atoms with Crippen LogP contribution < -0.4 is 18.9 Å². The second-order valence-electron chi connectivity index (χ2n) is 6.54. The molecule has 0 N–H and O–H groups in total. The number of rotatable bonds is 10. The summed E-state index contributed by atoms with van der Waals surface area (Å²) in [5.74, 6) is 1.62. The van der Waals surface area contributed by atoms with Crippen LogP contribution in [0.2, 0.25) is 0 Å². The molecular formula is C21H32O6. The first-order chi connectivity index (χ1) is 12.8. The quantitative estimate of drug-likeness (QED) is 0.435. The fourth-order valence-corrected chi connectivity index (χ4v) is 2.36. The molecule has 0 heterocycles. The first-order valence-corrected chi connectivity index (χ1v) is 9.40. The maximum Gasteiger partial charge on any atom is 0.331 e. The number of esters is 1. The van der Waals surface area contributed by atoms with E-state index in [9.17, 15) is 4.79 Å². The minimum Gasteiger partial charge on any atom is -0.493 e. The van der Waals surface area contributed by atoms with Crippen LogP contribution in [0.5, 0.6) is 23.0 Å². The second kappa shape index (κ2) is 10.7. The van der Waals surface area contributed by atoms with E-state index in [1.807, 2.05) is 48.5 Å². The van der Waals surface area contributed by atoms with Gasteiger partial charge in [0.25, 0.3) is 0 Å². The first kappa shape index (κ1) is 22.7. The molecule has 0 aliphatic heterocycles. The topological polar surface area (TPSA) is 63.2 Å². The minimum atomic E-state index is -0.567. The molecule has 0 aromatic heterocycles. The molecule has 1 aromatic rings. The maximum absolute atomic E-state index is 12.1. The number of ether oxygens (including phenoxy) is 5. The largest absolute Gasteiger partial charge is 0.493 e. The van der Waals surface area contributed by atoms with Crippen LogP contribution >= 0.6 is 0 Å². The summed E-state index contributed by atoms with van der Waals surface area (Å²) in [4.78, 5) is 12.1. The Kier molecular flexibility index (Phi) is 8.98. The van der Waals surface area contributed by atoms with Crippen LogP contribution in [0.25, 0.3) is 6.08 Å². The van der Waals surface area contributed by atoms with E-state index < -0.39 is 11.6 Å². The molecule has 27 heavy (non-hydrogen) atoms. The van der Waals surface area contributed by atoms with E-state index in [1.54, 1.807) is 12.1 Å². The molecule has 0 aliphatic rings. The van der Waals surface area contributed by atoms with Crippen LogP contribution in [-0.2, 0) is 9.53 Å². The van der Waals surface area contributed by atoms with Gasteiger partial charge in [-0.25, -0.2) is 4.79 Å². The highest BCUT2D eigenvalue weighted by Gasteiger charge is 2.22. The molecule has 0 radical (unpaired) electrons. The fraction of sp³-hybridized carbons (Fsp3) is 0.571. The zero-order chi connectivity index (χ0) is 20.4. The van der Waals surface area contributed by atoms with Crippen molar-refractivity contribution in [3.8, 4) is 23.0 Å². The smallest absolute Gasteiger partial charge is 0.331 e. The molecule has 6 nitrogen and oxygen atoms in total. The van der Waals surface area contributed by atoms with Gasteiger partial charge in [-0.05, 0) is 54.5 Å². The van der Waals surface area contributed by atoms with Crippen molar-refractivity contribution in [2.75, 3.05) is 26.4 Å². The molecule has 0 bridgehead atoms. The monoisotopic (exact) mass is 380 g/mol. The molecule has 0 amide bonds. The highest BCUT2D eigenvalue weighted by molar-refractivity contribution is 5.89. The van der Waals surface area contributed by atoms with E-state index in [0.717, 1.165) is 0 Å². The van der Waals surface area contributed by atoms with Crippen molar-refractivity contribution in [1.82, 2.24) is 0 Å². The lowest BCUT2D eigenvalue weighted by molar-refractivity contribution is -0.148. The molecular weight excluding hydrogens is 348 g/mol. The Labute approximate surface area is 162 Å². The third-order valence-corrected chi connectivity index (χ3v) is 3.17. The molecule has 6 heteroatoms. The molecule has 0 saturated heterocycles. The Morgan fingerprint density at radius 3 is 1.89 bits per heavy atom. The molecule has 0 fully saturated rings. The van der Waals surface area contributed by atoms with Gasteiger partial charge in [0, 0.05) is 12.1 Å². The summed E-state index contributed by atoms with van der Waals surface area (Å²) in [6.45, 7) is 14.8. The van der Waals surface area contributed by atoms with E-state index in [1.165, 1.54) is 6.08 Å². The van der Waals surface area contributed by atoms with E-state index in [2.05, 4.69) is 0 Å². The summed E-state index contributed by atoms with van der Waals surface area (Å²) in [5.41, 5.74) is 0.0406. The third kappa shape index (κ3) is 7.04. The fourth-order valence-electron chi connectivity index (χ4n) is 2.36. The molecule has 0 atom stereocenters. The van der Waals surface area contributed by atoms with Gasteiger partial charge in [-0.2, -0.15) is 0 Å². The number of hydrogen-bond donors (Lipinski definition) is 0. The van der Waals surface area contributed by atoms with Gasteiger partial charge >= 0.3 is 5.97 Å². The average Bonchev–Trinajstić information content (AvgIpc) is 2.56. The summed E-state index contributed by atoms with van der Waals surface area (Å²) < 4.78 is 28.4. The SMILES string of the molecule is CCOc1cc(OCC)c(OCC)c(OCC)c1C=CC(=O)OC(C)(C)C. The summed E-state index contributed by atoms with van der Waals surface area (Å²) in [7, 11) is 0. The molecule has 0 saturated carbocycles. The molecule has 0 spiro atoms. The normalized spacial score (nSPS) is 11.4. The van der Waals surface area contributed by atoms with Crippen LogP contribution in [0.1, 0.15) is 54.0 Å². The summed E-state index contributed by atoms with van der Waals surface area (Å²) in [6, 6.07) is 1.76. The lowest BCUT2D eigenvalue weighted by Gasteiger charge is -2.20. The van der Waals surface area contributed by atoms with Crippen molar-refractivity contribution in [3.63, 3.8) is 0 Å². The highest BCUT2D eigenvalue weighted by atomic mass is 16.6. The van der Waals surface area contributed by atoms with Gasteiger partial charge in [0.2, 0.25) is 5.75 Å². The summed E-state index contributed by atoms with van der Waals surface area (Å²) in [6.07, 6.45) is 2.99. The molecule has 0 unspecified atom stereocenters. The standard InChI is InChI=1S/C21H32O6/c1-8-23-16-14-17(24-9-2)20(26-11-4)19(25-10-3)15(16)12-13-18(22)27-21(5,6)7/h12-14H,8-11H2,1-7H3. The highest BCUT2D eigenvalue weighted by Crippen LogP contribution is 2.46. The van der Waals surface area contributed by atoms with Gasteiger partial charge in [-0.15, -0.1) is 0 Å². The van der Waals surface area contributed by atoms with Gasteiger partial charge in [0.15, 0.2) is 11.5 Å². The number of benzene rings is 1. The molecule has 152 valence electrons. The summed E-state index contributed by atoms with van der Waals surface area (Å²) in [5, 5.41) is 0. The lowest BCUT2D eigenvalue weighted by Crippen LogP contribution is -2.22. The zero-order valence-corrected chi connectivity index (χ0v) is 17.5. The van der Waals surface area contributed by atoms with E-state index in [0.29, 0.717) is 55.0 Å². The van der Waals surface area contributed by atoms with Gasteiger partial charge in [0.1, 0.15) is 11.4 Å². The Bertz CT molecular complexity index is 643. The average molecular weight is 380 g/mol. The van der Waals surface area contributed by atoms with Gasteiger partial charge in [-0.3, -0.25) is 0 Å². The molecule has 1 rings (SSSR count). The van der Waals surface area contributed by atoms with Crippen molar-refractivity contribution in [1.29, 1.82) is 0 Å². The van der Waals surface area contributed by atoms with Crippen LogP contribution in [0.4, 0.5) is 0 Å². The van der Waals surface area contributed by atoms with E-state index >= 15 is 0 Å². The van der Waals surface area contributed by atoms with Crippen molar-refractivity contribution < 1.29 is 28.5 Å². The van der Waals surface area contributed by atoms with Crippen molar-refractivity contribution in [2.45, 2.75) is 54.1 Å². The van der Waals surface area contributed by atoms with Gasteiger partial charge < -0.3 is 23.7 Å². The lowest BCUT2D eigenvalue weighted by atomic mass is 10.1. The Morgan fingerprint density at radius 1 is 0.852 bits per heavy atom. The van der Waals surface area contributed by atoms with Crippen LogP contribution in [0.3, 0.4) is 0 Å². The second-order valence-corrected chi connectivity index (χ2v) is 6.54. The maximum atomic E-state index is 12.1. The zero-order valence-electron chi connectivity index (χ0n) is 17.5. The predicted molar refractivity (Wildman–Crippen MR) is 106 cm³/mol. The predicted octanol–water partition coefficient (Wildman–Crippen LogP) is 4.64. The van der Waals surface area contributed by atoms with Crippen LogP contribution in [0.15, 0.2) is 12.1 Å². The Balaban J connectivity index is 3.47. The number of carbonyl (C=O) groups is 1. The molecule has 1 aromatic carbocycles. The minimum absolute atomic E-state index is 0.425. The van der Waals surface area contributed by atoms with Gasteiger partial charge in [0.05, 0.1) is 32.0 Å². The molecule has 0 aliphatic carbocycles. The van der Waals surface area contributed by atoms with Crippen molar-refractivity contribution >= 4 is 12.0 Å². The third-order valence-electron chi connectivity index (χ3n) is 3.17. The van der Waals surface area contributed by atoms with Crippen molar-refractivity contribution in [2.24, 2.45) is 0 Å². The first-order valence-electron chi connectivity index (χ1n) is 9.40. The van der Waals surface area contributed by atoms with Gasteiger partial charge in [-0.1, -0.05) is 0 Å². The van der Waals surface area contributed by atoms with Crippen molar-refractivity contribution in [3.05, 3.63) is 17.7 Å². The number of hydrogen-bond acceptors (Lipinski definition) is 6.